The predicted molar refractivity (Wildman–Crippen MR) is 124 cm³/mol. The summed E-state index contributed by atoms with van der Waals surface area (Å²) in [6, 6.07) is 15.1. The van der Waals surface area contributed by atoms with Gasteiger partial charge >= 0.3 is 0 Å². The Hall–Kier alpha value is -3.23. The fourth-order valence-electron chi connectivity index (χ4n) is 3.12. The van der Waals surface area contributed by atoms with E-state index in [-0.39, 0.29) is 22.8 Å². The van der Waals surface area contributed by atoms with Crippen LogP contribution in [-0.4, -0.2) is 26.4 Å². The molecule has 1 aromatic heterocycles. The summed E-state index contributed by atoms with van der Waals surface area (Å²) >= 11 is 0. The molecule has 3 aromatic rings. The van der Waals surface area contributed by atoms with Crippen LogP contribution in [0.2, 0.25) is 0 Å². The van der Waals surface area contributed by atoms with E-state index >= 15 is 0 Å². The van der Waals surface area contributed by atoms with Gasteiger partial charge in [0.2, 0.25) is 10.0 Å². The molecule has 168 valence electrons. The lowest BCUT2D eigenvalue weighted by Gasteiger charge is -2.23. The molecule has 2 N–H and O–H groups in total. The molecule has 0 fully saturated rings. The molecule has 1 amide bonds. The largest absolute Gasteiger partial charge is 0.496 e. The molecular formula is C24H27N3O4S. The smallest absolute Gasteiger partial charge is 0.255 e. The number of hydrogen-bond donors (Lipinski definition) is 2. The molecule has 0 unspecified atom stereocenters. The molecule has 3 rings (SSSR count). The average molecular weight is 454 g/mol. The fourth-order valence-corrected chi connectivity index (χ4v) is 4.16. The van der Waals surface area contributed by atoms with E-state index in [2.05, 4.69) is 15.0 Å². The number of nitrogens with one attached hydrogen (secondary N) is 2. The van der Waals surface area contributed by atoms with Gasteiger partial charge in [0, 0.05) is 23.9 Å². The summed E-state index contributed by atoms with van der Waals surface area (Å²) in [6.45, 7) is 6.10. The van der Waals surface area contributed by atoms with Crippen molar-refractivity contribution in [1.29, 1.82) is 0 Å². The van der Waals surface area contributed by atoms with E-state index in [0.29, 0.717) is 17.0 Å². The molecular weight excluding hydrogens is 426 g/mol. The Balaban J connectivity index is 1.69. The highest BCUT2D eigenvalue weighted by Gasteiger charge is 2.23. The zero-order chi connectivity index (χ0) is 23.4. The molecule has 7 nitrogen and oxygen atoms in total. The third kappa shape index (κ3) is 5.72. The molecule has 0 aliphatic rings. The maximum atomic E-state index is 12.8. The number of benzene rings is 2. The lowest BCUT2D eigenvalue weighted by Crippen LogP contribution is -2.24. The van der Waals surface area contributed by atoms with Gasteiger partial charge in [0.15, 0.2) is 0 Å². The quantitative estimate of drug-likeness (QED) is 0.561. The van der Waals surface area contributed by atoms with Crippen LogP contribution in [0.1, 0.15) is 42.3 Å². The van der Waals surface area contributed by atoms with Crippen molar-refractivity contribution in [2.45, 2.75) is 37.6 Å². The molecule has 0 saturated heterocycles. The topological polar surface area (TPSA) is 97.4 Å². The third-order valence-electron chi connectivity index (χ3n) is 4.89. The number of sulfonamides is 1. The summed E-state index contributed by atoms with van der Waals surface area (Å²) in [7, 11) is -2.16. The molecule has 0 spiro atoms. The Bertz CT molecular complexity index is 1190. The first-order chi connectivity index (χ1) is 15.1. The number of nitrogens with zero attached hydrogens (tertiary/aromatic N) is 1. The molecule has 0 radical (unpaired) electrons. The third-order valence-corrected chi connectivity index (χ3v) is 6.29. The highest BCUT2D eigenvalue weighted by Crippen LogP contribution is 2.33. The van der Waals surface area contributed by atoms with Crippen molar-refractivity contribution in [3.63, 3.8) is 0 Å². The Morgan fingerprint density at radius 1 is 1.06 bits per heavy atom. The van der Waals surface area contributed by atoms with Gasteiger partial charge in [-0.05, 0) is 53.4 Å². The van der Waals surface area contributed by atoms with Crippen LogP contribution in [0.15, 0.2) is 71.9 Å². The van der Waals surface area contributed by atoms with Crippen LogP contribution >= 0.6 is 0 Å². The number of amides is 1. The van der Waals surface area contributed by atoms with Gasteiger partial charge in [-0.1, -0.05) is 32.9 Å². The Kier molecular flexibility index (Phi) is 6.96. The summed E-state index contributed by atoms with van der Waals surface area (Å²) in [6.07, 6.45) is 3.19. The van der Waals surface area contributed by atoms with Gasteiger partial charge in [0.1, 0.15) is 5.75 Å². The fraction of sp³-hybridized carbons (Fsp3) is 0.250. The van der Waals surface area contributed by atoms with Crippen LogP contribution in [0.5, 0.6) is 5.75 Å². The average Bonchev–Trinajstić information content (AvgIpc) is 2.77. The maximum absolute atomic E-state index is 12.8. The summed E-state index contributed by atoms with van der Waals surface area (Å²) in [5, 5.41) is 2.76. The molecule has 0 atom stereocenters. The Labute approximate surface area is 188 Å². The van der Waals surface area contributed by atoms with E-state index in [9.17, 15) is 13.2 Å². The molecule has 0 aliphatic carbocycles. The van der Waals surface area contributed by atoms with E-state index < -0.39 is 10.0 Å². The second kappa shape index (κ2) is 9.50. The number of rotatable bonds is 7. The first-order valence-electron chi connectivity index (χ1n) is 10.1. The number of carbonyl (C=O) groups excluding carboxylic acids is 1. The highest BCUT2D eigenvalue weighted by molar-refractivity contribution is 7.89. The second-order valence-corrected chi connectivity index (χ2v) is 10.1. The Morgan fingerprint density at radius 3 is 2.38 bits per heavy atom. The van der Waals surface area contributed by atoms with Crippen molar-refractivity contribution in [2.24, 2.45) is 0 Å². The highest BCUT2D eigenvalue weighted by atomic mass is 32.2. The van der Waals surface area contributed by atoms with E-state index in [1.807, 2.05) is 20.8 Å². The monoisotopic (exact) mass is 453 g/mol. The number of aromatic nitrogens is 1. The molecule has 1 heterocycles. The predicted octanol–water partition coefficient (Wildman–Crippen LogP) is 4.12. The van der Waals surface area contributed by atoms with E-state index in [4.69, 9.17) is 4.74 Å². The van der Waals surface area contributed by atoms with Gasteiger partial charge in [-0.2, -0.15) is 0 Å². The zero-order valence-corrected chi connectivity index (χ0v) is 19.4. The summed E-state index contributed by atoms with van der Waals surface area (Å²) in [4.78, 5) is 16.5. The SMILES string of the molecule is COc1ccc(S(=O)(=O)NCc2ccc(C(=O)Nc3cccnc3)cc2)cc1C(C)(C)C. The van der Waals surface area contributed by atoms with Crippen molar-refractivity contribution in [1.82, 2.24) is 9.71 Å². The van der Waals surface area contributed by atoms with Gasteiger partial charge in [-0.25, -0.2) is 13.1 Å². The van der Waals surface area contributed by atoms with Crippen LogP contribution in [0.3, 0.4) is 0 Å². The lowest BCUT2D eigenvalue weighted by molar-refractivity contribution is 0.102. The van der Waals surface area contributed by atoms with Crippen LogP contribution < -0.4 is 14.8 Å². The van der Waals surface area contributed by atoms with Crippen molar-refractivity contribution in [3.05, 3.63) is 83.7 Å². The summed E-state index contributed by atoms with van der Waals surface area (Å²) in [5.41, 5.74) is 2.33. The van der Waals surface area contributed by atoms with Gasteiger partial charge in [-0.15, -0.1) is 0 Å². The molecule has 32 heavy (non-hydrogen) atoms. The molecule has 0 aliphatic heterocycles. The van der Waals surface area contributed by atoms with Crippen molar-refractivity contribution in [2.75, 3.05) is 12.4 Å². The van der Waals surface area contributed by atoms with E-state index in [1.165, 1.54) is 6.07 Å². The standard InChI is InChI=1S/C24H27N3O4S/c1-24(2,3)21-14-20(11-12-22(21)31-4)32(29,30)26-15-17-7-9-18(10-8-17)23(28)27-19-6-5-13-25-16-19/h5-14,16,26H,15H2,1-4H3,(H,27,28). The lowest BCUT2D eigenvalue weighted by atomic mass is 9.86. The maximum Gasteiger partial charge on any atom is 0.255 e. The van der Waals surface area contributed by atoms with Crippen LogP contribution in [0.4, 0.5) is 5.69 Å². The zero-order valence-electron chi connectivity index (χ0n) is 18.5. The van der Waals surface area contributed by atoms with E-state index in [1.54, 1.807) is 68.0 Å². The van der Waals surface area contributed by atoms with Crippen LogP contribution in [0.25, 0.3) is 0 Å². The second-order valence-electron chi connectivity index (χ2n) is 8.33. The van der Waals surface area contributed by atoms with Gasteiger partial charge in [0.05, 0.1) is 23.9 Å². The van der Waals surface area contributed by atoms with Gasteiger partial charge in [0.25, 0.3) is 5.91 Å². The molecule has 2 aromatic carbocycles. The van der Waals surface area contributed by atoms with Crippen LogP contribution in [-0.2, 0) is 22.0 Å². The normalized spacial score (nSPS) is 11.8. The van der Waals surface area contributed by atoms with E-state index in [0.717, 1.165) is 11.1 Å². The number of anilines is 1. The minimum Gasteiger partial charge on any atom is -0.496 e. The minimum absolute atomic E-state index is 0.101. The number of ether oxygens (including phenoxy) is 1. The number of pyridine rings is 1. The molecule has 0 bridgehead atoms. The molecule has 8 heteroatoms. The van der Waals surface area contributed by atoms with Gasteiger partial charge in [-0.3, -0.25) is 9.78 Å². The van der Waals surface area contributed by atoms with Crippen LogP contribution in [0, 0.1) is 0 Å². The van der Waals surface area contributed by atoms with Crippen molar-refractivity contribution >= 4 is 21.6 Å². The minimum atomic E-state index is -3.73. The summed E-state index contributed by atoms with van der Waals surface area (Å²) < 4.78 is 33.7. The van der Waals surface area contributed by atoms with Crippen molar-refractivity contribution < 1.29 is 17.9 Å². The van der Waals surface area contributed by atoms with Gasteiger partial charge < -0.3 is 10.1 Å². The summed E-state index contributed by atoms with van der Waals surface area (Å²) in [5.74, 6) is 0.384. The first-order valence-corrected chi connectivity index (χ1v) is 11.6. The Morgan fingerprint density at radius 2 is 1.78 bits per heavy atom. The number of carbonyl (C=O) groups is 1. The van der Waals surface area contributed by atoms with Crippen molar-refractivity contribution in [3.8, 4) is 5.75 Å². The molecule has 0 saturated carbocycles. The number of hydrogen-bond acceptors (Lipinski definition) is 5. The number of methoxy groups -OCH3 is 1. The first kappa shape index (κ1) is 23.4.